The Morgan fingerprint density at radius 2 is 0.698 bits per heavy atom. The highest BCUT2D eigenvalue weighted by Gasteiger charge is 2.19. The van der Waals surface area contributed by atoms with Gasteiger partial charge in [-0.2, -0.15) is 0 Å². The molecule has 0 spiro atoms. The summed E-state index contributed by atoms with van der Waals surface area (Å²) in [7, 11) is 0. The summed E-state index contributed by atoms with van der Waals surface area (Å²) < 4.78 is 16.8. The highest BCUT2D eigenvalue weighted by atomic mass is 16.6. The molecular weight excluding hydrogens is 781 g/mol. The van der Waals surface area contributed by atoms with Crippen LogP contribution in [-0.2, 0) is 28.6 Å². The first-order valence-electron chi connectivity index (χ1n) is 25.8. The van der Waals surface area contributed by atoms with Crippen molar-refractivity contribution in [3.05, 3.63) is 97.2 Å². The van der Waals surface area contributed by atoms with Gasteiger partial charge in [0.2, 0.25) is 0 Å². The minimum absolute atomic E-state index is 0.0994. The zero-order valence-corrected chi connectivity index (χ0v) is 40.8. The molecule has 0 aliphatic carbocycles. The van der Waals surface area contributed by atoms with Crippen LogP contribution < -0.4 is 0 Å². The van der Waals surface area contributed by atoms with E-state index in [9.17, 15) is 14.4 Å². The number of allylic oxidation sites excluding steroid dienone is 16. The van der Waals surface area contributed by atoms with Crippen LogP contribution in [0.25, 0.3) is 0 Å². The third-order valence-electron chi connectivity index (χ3n) is 10.6. The first-order valence-corrected chi connectivity index (χ1v) is 25.8. The average molecular weight is 875 g/mol. The fourth-order valence-electron chi connectivity index (χ4n) is 6.78. The fourth-order valence-corrected chi connectivity index (χ4v) is 6.78. The molecule has 0 aliphatic heterocycles. The van der Waals surface area contributed by atoms with E-state index in [-0.39, 0.29) is 31.1 Å². The lowest BCUT2D eigenvalue weighted by molar-refractivity contribution is -0.167. The number of ether oxygens (including phenoxy) is 3. The van der Waals surface area contributed by atoms with Gasteiger partial charge in [-0.05, 0) is 103 Å². The smallest absolute Gasteiger partial charge is 0.306 e. The minimum Gasteiger partial charge on any atom is -0.462 e. The number of esters is 3. The maximum absolute atomic E-state index is 12.8. The summed E-state index contributed by atoms with van der Waals surface area (Å²) in [4.78, 5) is 38.0. The molecule has 0 rings (SSSR count). The molecule has 358 valence electrons. The molecule has 0 amide bonds. The second kappa shape index (κ2) is 51.0. The molecule has 0 fully saturated rings. The summed E-state index contributed by atoms with van der Waals surface area (Å²) in [6.07, 6.45) is 66.7. The normalized spacial score (nSPS) is 12.9. The summed E-state index contributed by atoms with van der Waals surface area (Å²) in [6, 6.07) is 0. The van der Waals surface area contributed by atoms with Crippen molar-refractivity contribution < 1.29 is 28.6 Å². The Hall–Kier alpha value is -3.67. The minimum atomic E-state index is -0.800. The van der Waals surface area contributed by atoms with Crippen molar-refractivity contribution in [3.8, 4) is 0 Å². The van der Waals surface area contributed by atoms with Gasteiger partial charge in [0.05, 0.1) is 0 Å². The molecule has 6 nitrogen and oxygen atoms in total. The molecule has 0 aromatic carbocycles. The molecule has 0 aromatic heterocycles. The molecule has 0 radical (unpaired) electrons. The number of carbonyl (C=O) groups excluding carboxylic acids is 3. The van der Waals surface area contributed by atoms with Crippen molar-refractivity contribution in [3.63, 3.8) is 0 Å². The van der Waals surface area contributed by atoms with Crippen molar-refractivity contribution in [2.45, 2.75) is 232 Å². The SMILES string of the molecule is CC\C=C/C=C\C=C/CCCCCCCC(=O)OC(COC(=O)CCCCC/C=C\CCCCCCCC)COC(=O)CCCCCCCC/C=C\C/C=C\C/C=C\C/C=C\CC. The Morgan fingerprint density at radius 1 is 0.349 bits per heavy atom. The summed E-state index contributed by atoms with van der Waals surface area (Å²) in [5, 5.41) is 0. The molecule has 1 unspecified atom stereocenters. The monoisotopic (exact) mass is 875 g/mol. The predicted molar refractivity (Wildman–Crippen MR) is 270 cm³/mol. The van der Waals surface area contributed by atoms with Crippen LogP contribution in [0.5, 0.6) is 0 Å². The van der Waals surface area contributed by atoms with Crippen LogP contribution in [0.2, 0.25) is 0 Å². The standard InChI is InChI=1S/C57H94O6/c1-4-7-10-13-16-19-22-25-26-27-28-29-30-33-35-38-41-44-47-50-56(59)62-53-54(63-57(60)51-48-45-42-39-36-32-24-21-18-15-12-9-6-3)52-61-55(58)49-46-43-40-37-34-31-23-20-17-14-11-8-5-2/h7,9-10,12,15-16,18-19,21,24-26,28-29,31,34,54H,4-6,8,11,13-14,17,20,22-23,27,30,32-33,35-53H2,1-3H3/b10-7-,12-9-,18-15-,19-16-,24-21-,26-25-,29-28-,34-31-. The lowest BCUT2D eigenvalue weighted by Gasteiger charge is -2.18. The molecule has 0 aliphatic rings. The lowest BCUT2D eigenvalue weighted by Crippen LogP contribution is -2.30. The number of hydrogen-bond acceptors (Lipinski definition) is 6. The van der Waals surface area contributed by atoms with Crippen LogP contribution in [-0.4, -0.2) is 37.2 Å². The Morgan fingerprint density at radius 3 is 1.17 bits per heavy atom. The summed E-state index contributed by atoms with van der Waals surface area (Å²) >= 11 is 0. The van der Waals surface area contributed by atoms with Crippen LogP contribution in [0.4, 0.5) is 0 Å². The van der Waals surface area contributed by atoms with Crippen LogP contribution >= 0.6 is 0 Å². The first-order chi connectivity index (χ1) is 31.0. The summed E-state index contributed by atoms with van der Waals surface area (Å²) in [5.74, 6) is -0.953. The van der Waals surface area contributed by atoms with Crippen LogP contribution in [0.3, 0.4) is 0 Å². The number of unbranched alkanes of at least 4 members (excludes halogenated alkanes) is 20. The van der Waals surface area contributed by atoms with E-state index < -0.39 is 6.10 Å². The lowest BCUT2D eigenvalue weighted by atomic mass is 10.1. The van der Waals surface area contributed by atoms with Crippen LogP contribution in [0.1, 0.15) is 226 Å². The molecule has 63 heavy (non-hydrogen) atoms. The van der Waals surface area contributed by atoms with E-state index in [0.717, 1.165) is 135 Å². The Labute approximate surface area is 387 Å². The van der Waals surface area contributed by atoms with Gasteiger partial charge in [-0.15, -0.1) is 0 Å². The Kier molecular flexibility index (Phi) is 48.0. The van der Waals surface area contributed by atoms with Crippen LogP contribution in [0.15, 0.2) is 97.2 Å². The van der Waals surface area contributed by atoms with Gasteiger partial charge in [-0.25, -0.2) is 0 Å². The first kappa shape index (κ1) is 59.3. The van der Waals surface area contributed by atoms with E-state index in [1.54, 1.807) is 0 Å². The van der Waals surface area contributed by atoms with Crippen molar-refractivity contribution >= 4 is 17.9 Å². The van der Waals surface area contributed by atoms with Gasteiger partial charge < -0.3 is 14.2 Å². The second-order valence-corrected chi connectivity index (χ2v) is 16.7. The maximum atomic E-state index is 12.8. The maximum Gasteiger partial charge on any atom is 0.306 e. The third kappa shape index (κ3) is 49.2. The highest BCUT2D eigenvalue weighted by Crippen LogP contribution is 2.13. The molecular formula is C57H94O6. The highest BCUT2D eigenvalue weighted by molar-refractivity contribution is 5.71. The van der Waals surface area contributed by atoms with E-state index in [1.165, 1.54) is 51.4 Å². The molecule has 0 aromatic rings. The second-order valence-electron chi connectivity index (χ2n) is 16.7. The molecule has 1 atom stereocenters. The Balaban J connectivity index is 4.44. The van der Waals surface area contributed by atoms with E-state index >= 15 is 0 Å². The fraction of sp³-hybridized carbons (Fsp3) is 0.667. The molecule has 6 heteroatoms. The van der Waals surface area contributed by atoms with Gasteiger partial charge in [0.15, 0.2) is 6.10 Å². The van der Waals surface area contributed by atoms with Crippen molar-refractivity contribution in [1.29, 1.82) is 0 Å². The summed E-state index contributed by atoms with van der Waals surface area (Å²) in [6.45, 7) is 6.33. The van der Waals surface area contributed by atoms with E-state index in [2.05, 4.69) is 118 Å². The topological polar surface area (TPSA) is 78.9 Å². The molecule has 0 N–H and O–H groups in total. The average Bonchev–Trinajstić information content (AvgIpc) is 3.28. The van der Waals surface area contributed by atoms with Crippen molar-refractivity contribution in [1.82, 2.24) is 0 Å². The number of hydrogen-bond donors (Lipinski definition) is 0. The Bertz CT molecular complexity index is 1280. The molecule has 0 bridgehead atoms. The molecule has 0 heterocycles. The zero-order chi connectivity index (χ0) is 45.8. The number of rotatable bonds is 45. The zero-order valence-electron chi connectivity index (χ0n) is 40.8. The van der Waals surface area contributed by atoms with Gasteiger partial charge in [0.25, 0.3) is 0 Å². The molecule has 0 saturated heterocycles. The van der Waals surface area contributed by atoms with Gasteiger partial charge >= 0.3 is 17.9 Å². The van der Waals surface area contributed by atoms with Crippen molar-refractivity contribution in [2.75, 3.05) is 13.2 Å². The predicted octanol–water partition coefficient (Wildman–Crippen LogP) is 17.0. The molecule has 0 saturated carbocycles. The van der Waals surface area contributed by atoms with E-state index in [0.29, 0.717) is 19.3 Å². The van der Waals surface area contributed by atoms with Gasteiger partial charge in [-0.3, -0.25) is 14.4 Å². The van der Waals surface area contributed by atoms with Crippen molar-refractivity contribution in [2.24, 2.45) is 0 Å². The number of carbonyl (C=O) groups is 3. The van der Waals surface area contributed by atoms with Crippen LogP contribution in [0, 0.1) is 0 Å². The van der Waals surface area contributed by atoms with Gasteiger partial charge in [0, 0.05) is 19.3 Å². The van der Waals surface area contributed by atoms with E-state index in [4.69, 9.17) is 14.2 Å². The quantitative estimate of drug-likeness (QED) is 0.0199. The van der Waals surface area contributed by atoms with Gasteiger partial charge in [0.1, 0.15) is 13.2 Å². The largest absolute Gasteiger partial charge is 0.462 e. The summed E-state index contributed by atoms with van der Waals surface area (Å²) in [5.41, 5.74) is 0. The van der Waals surface area contributed by atoms with E-state index in [1.807, 2.05) is 0 Å². The van der Waals surface area contributed by atoms with Gasteiger partial charge in [-0.1, -0.05) is 201 Å². The third-order valence-corrected chi connectivity index (χ3v) is 10.6.